The van der Waals surface area contributed by atoms with Crippen LogP contribution in [0.1, 0.15) is 18.1 Å². The molecule has 28 heavy (non-hydrogen) atoms. The third-order valence-electron chi connectivity index (χ3n) is 3.72. The zero-order valence-electron chi connectivity index (χ0n) is 14.9. The van der Waals surface area contributed by atoms with Gasteiger partial charge in [-0.15, -0.1) is 0 Å². The van der Waals surface area contributed by atoms with E-state index in [-0.39, 0.29) is 6.42 Å². The molecule has 144 valence electrons. The number of carbonyl (C=O) groups excluding carboxylic acids is 3. The number of thioether (sulfide) groups is 1. The topological polar surface area (TPSA) is 81.7 Å². The molecule has 0 unspecified atom stereocenters. The number of nitrogens with one attached hydrogen (secondary N) is 1. The number of halogens is 1. The van der Waals surface area contributed by atoms with Crippen LogP contribution in [-0.2, 0) is 16.0 Å². The first-order valence-electron chi connectivity index (χ1n) is 8.42. The molecule has 6 nitrogen and oxygen atoms in total. The van der Waals surface area contributed by atoms with Gasteiger partial charge >= 0.3 is 5.97 Å². The van der Waals surface area contributed by atoms with Gasteiger partial charge in [-0.25, -0.2) is 0 Å². The van der Waals surface area contributed by atoms with Crippen LogP contribution < -0.4 is 14.8 Å². The van der Waals surface area contributed by atoms with E-state index in [1.807, 2.05) is 31.2 Å². The molecule has 2 aromatic rings. The summed E-state index contributed by atoms with van der Waals surface area (Å²) < 4.78 is 11.9. The molecule has 1 aliphatic heterocycles. The van der Waals surface area contributed by atoms with Gasteiger partial charge in [-0.1, -0.05) is 40.2 Å². The van der Waals surface area contributed by atoms with Gasteiger partial charge in [-0.3, -0.25) is 19.7 Å². The van der Waals surface area contributed by atoms with E-state index >= 15 is 0 Å². The van der Waals surface area contributed by atoms with E-state index in [9.17, 15) is 14.4 Å². The predicted molar refractivity (Wildman–Crippen MR) is 110 cm³/mol. The third-order valence-corrected chi connectivity index (χ3v) is 5.31. The van der Waals surface area contributed by atoms with E-state index in [1.54, 1.807) is 24.3 Å². The Kier molecular flexibility index (Phi) is 6.53. The number of esters is 1. The molecule has 1 fully saturated rings. The van der Waals surface area contributed by atoms with E-state index in [1.165, 1.54) is 0 Å². The van der Waals surface area contributed by atoms with E-state index in [0.717, 1.165) is 21.8 Å². The van der Waals surface area contributed by atoms with Crippen molar-refractivity contribution < 1.29 is 23.9 Å². The van der Waals surface area contributed by atoms with Gasteiger partial charge in [0.25, 0.3) is 11.1 Å². The number of rotatable bonds is 6. The average molecular weight is 462 g/mol. The molecular weight excluding hydrogens is 446 g/mol. The molecule has 1 heterocycles. The summed E-state index contributed by atoms with van der Waals surface area (Å²) in [6.45, 7) is 2.19. The molecule has 1 aliphatic rings. The first kappa shape index (κ1) is 20.2. The molecule has 0 aromatic heterocycles. The van der Waals surface area contributed by atoms with E-state index in [0.29, 0.717) is 28.6 Å². The van der Waals surface area contributed by atoms with Crippen LogP contribution in [0.15, 0.2) is 51.8 Å². The minimum atomic E-state index is -0.433. The molecule has 2 amide bonds. The molecule has 8 heteroatoms. The van der Waals surface area contributed by atoms with Gasteiger partial charge in [-0.05, 0) is 54.1 Å². The Morgan fingerprint density at radius 3 is 2.64 bits per heavy atom. The highest BCUT2D eigenvalue weighted by Gasteiger charge is 2.25. The van der Waals surface area contributed by atoms with Crippen molar-refractivity contribution in [3.63, 3.8) is 0 Å². The smallest absolute Gasteiger partial charge is 0.315 e. The molecule has 0 spiro atoms. The van der Waals surface area contributed by atoms with Gasteiger partial charge < -0.3 is 9.47 Å². The Morgan fingerprint density at radius 1 is 1.18 bits per heavy atom. The molecule has 1 N–H and O–H groups in total. The molecule has 0 bridgehead atoms. The van der Waals surface area contributed by atoms with Crippen LogP contribution in [0.4, 0.5) is 4.79 Å². The third kappa shape index (κ3) is 5.02. The van der Waals surface area contributed by atoms with E-state index in [2.05, 4.69) is 21.2 Å². The number of ether oxygens (including phenoxy) is 2. The van der Waals surface area contributed by atoms with Crippen molar-refractivity contribution in [2.45, 2.75) is 13.3 Å². The van der Waals surface area contributed by atoms with E-state index in [4.69, 9.17) is 9.47 Å². The molecule has 2 aromatic carbocycles. The Morgan fingerprint density at radius 2 is 1.96 bits per heavy atom. The molecule has 0 aliphatic carbocycles. The van der Waals surface area contributed by atoms with Gasteiger partial charge in [-0.2, -0.15) is 0 Å². The highest BCUT2D eigenvalue weighted by Crippen LogP contribution is 2.32. The number of imide groups is 1. The summed E-state index contributed by atoms with van der Waals surface area (Å²) in [4.78, 5) is 35.6. The molecular formula is C20H16BrNO5S. The van der Waals surface area contributed by atoms with Gasteiger partial charge in [0.05, 0.1) is 17.9 Å². The van der Waals surface area contributed by atoms with Crippen molar-refractivity contribution in [2.75, 3.05) is 6.61 Å². The maximum Gasteiger partial charge on any atom is 0.315 e. The second-order valence-corrected chi connectivity index (χ2v) is 7.60. The minimum Gasteiger partial charge on any atom is -0.490 e. The monoisotopic (exact) mass is 461 g/mol. The van der Waals surface area contributed by atoms with Crippen molar-refractivity contribution >= 4 is 50.9 Å². The maximum atomic E-state index is 12.3. The largest absolute Gasteiger partial charge is 0.490 e. The van der Waals surface area contributed by atoms with Crippen LogP contribution in [0, 0.1) is 0 Å². The molecule has 3 rings (SSSR count). The second-order valence-electron chi connectivity index (χ2n) is 5.73. The van der Waals surface area contributed by atoms with Crippen LogP contribution in [0.25, 0.3) is 6.08 Å². The lowest BCUT2D eigenvalue weighted by Gasteiger charge is -2.12. The van der Waals surface area contributed by atoms with Gasteiger partial charge in [0, 0.05) is 4.47 Å². The minimum absolute atomic E-state index is 0.109. The second kappa shape index (κ2) is 9.07. The summed E-state index contributed by atoms with van der Waals surface area (Å²) in [5.41, 5.74) is 1.47. The predicted octanol–water partition coefficient (Wildman–Crippen LogP) is 4.32. The van der Waals surface area contributed by atoms with Crippen molar-refractivity contribution in [3.8, 4) is 11.5 Å². The lowest BCUT2D eigenvalue weighted by atomic mass is 10.1. The summed E-state index contributed by atoms with van der Waals surface area (Å²) in [7, 11) is 0. The van der Waals surface area contributed by atoms with Gasteiger partial charge in [0.1, 0.15) is 0 Å². The molecule has 0 atom stereocenters. The zero-order valence-corrected chi connectivity index (χ0v) is 17.3. The van der Waals surface area contributed by atoms with E-state index < -0.39 is 17.1 Å². The highest BCUT2D eigenvalue weighted by molar-refractivity contribution is 9.10. The number of hydrogen-bond acceptors (Lipinski definition) is 6. The standard InChI is InChI=1S/C20H16BrNO5S/c1-2-26-16-9-12(10-17-19(24)22-20(25)28-17)7-8-15(16)27-18(23)11-13-5-3-4-6-14(13)21/h3-10H,2,11H2,1H3,(H,22,24,25). The maximum absolute atomic E-state index is 12.3. The fourth-order valence-electron chi connectivity index (χ4n) is 2.50. The molecule has 0 radical (unpaired) electrons. The van der Waals surface area contributed by atoms with Crippen LogP contribution in [0.3, 0.4) is 0 Å². The lowest BCUT2D eigenvalue weighted by Crippen LogP contribution is -2.17. The lowest BCUT2D eigenvalue weighted by molar-refractivity contribution is -0.133. The van der Waals surface area contributed by atoms with Crippen LogP contribution in [0.5, 0.6) is 11.5 Å². The van der Waals surface area contributed by atoms with Crippen LogP contribution in [0.2, 0.25) is 0 Å². The number of carbonyl (C=O) groups is 3. The van der Waals surface area contributed by atoms with Gasteiger partial charge in [0.15, 0.2) is 11.5 Å². The summed E-state index contributed by atoms with van der Waals surface area (Å²) in [6, 6.07) is 12.4. The average Bonchev–Trinajstić information content (AvgIpc) is 2.96. The molecule has 0 saturated carbocycles. The first-order valence-corrected chi connectivity index (χ1v) is 10.0. The fraction of sp³-hybridized carbons (Fsp3) is 0.150. The highest BCUT2D eigenvalue weighted by atomic mass is 79.9. The van der Waals surface area contributed by atoms with Crippen molar-refractivity contribution in [1.29, 1.82) is 0 Å². The van der Waals surface area contributed by atoms with Crippen molar-refractivity contribution in [3.05, 3.63) is 63.0 Å². The van der Waals surface area contributed by atoms with Crippen molar-refractivity contribution in [2.24, 2.45) is 0 Å². The molecule has 1 saturated heterocycles. The number of amides is 2. The zero-order chi connectivity index (χ0) is 20.1. The van der Waals surface area contributed by atoms with Gasteiger partial charge in [0.2, 0.25) is 0 Å². The summed E-state index contributed by atoms with van der Waals surface area (Å²) in [6.07, 6.45) is 1.69. The normalized spacial score (nSPS) is 14.9. The summed E-state index contributed by atoms with van der Waals surface area (Å²) in [5, 5.41) is 1.80. The van der Waals surface area contributed by atoms with Crippen LogP contribution >= 0.6 is 27.7 Å². The summed E-state index contributed by atoms with van der Waals surface area (Å²) in [5.74, 6) is -0.181. The summed E-state index contributed by atoms with van der Waals surface area (Å²) >= 11 is 4.25. The SMILES string of the molecule is CCOc1cc(C=C2SC(=O)NC2=O)ccc1OC(=O)Cc1ccccc1Br. The number of hydrogen-bond donors (Lipinski definition) is 1. The first-order chi connectivity index (χ1) is 13.5. The Bertz CT molecular complexity index is 973. The Labute approximate surface area is 174 Å². The Balaban J connectivity index is 1.78. The Hall–Kier alpha value is -2.58. The van der Waals surface area contributed by atoms with Crippen molar-refractivity contribution in [1.82, 2.24) is 5.32 Å². The van der Waals surface area contributed by atoms with Crippen LogP contribution in [-0.4, -0.2) is 23.7 Å². The quantitative estimate of drug-likeness (QED) is 0.391. The fourth-order valence-corrected chi connectivity index (χ4v) is 3.60. The number of benzene rings is 2.